The first-order valence-electron chi connectivity index (χ1n) is 6.21. The minimum Gasteiger partial charge on any atom is -0.347 e. The maximum Gasteiger partial charge on any atom is 0.185 e. The number of thiophene rings is 1. The highest BCUT2D eigenvalue weighted by Gasteiger charge is 2.22. The van der Waals surface area contributed by atoms with Gasteiger partial charge in [-0.05, 0) is 41.7 Å². The number of fused-ring (bicyclic) bond motifs is 1. The van der Waals surface area contributed by atoms with Gasteiger partial charge in [0.25, 0.3) is 0 Å². The zero-order valence-electron chi connectivity index (χ0n) is 10.4. The molecule has 0 saturated heterocycles. The molecule has 1 aliphatic rings. The van der Waals surface area contributed by atoms with Crippen LogP contribution in [0, 0.1) is 0 Å². The molecule has 0 spiro atoms. The predicted molar refractivity (Wildman–Crippen MR) is 78.4 cm³/mol. The van der Waals surface area contributed by atoms with Crippen LogP contribution in [0.3, 0.4) is 0 Å². The highest BCUT2D eigenvalue weighted by molar-refractivity contribution is 7.15. The van der Waals surface area contributed by atoms with Gasteiger partial charge in [-0.3, -0.25) is 0 Å². The summed E-state index contributed by atoms with van der Waals surface area (Å²) in [5.74, 6) is 0. The Morgan fingerprint density at radius 3 is 3.17 bits per heavy atom. The number of nitrogens with zero attached hydrogens (tertiary/aromatic N) is 2. The van der Waals surface area contributed by atoms with Crippen molar-refractivity contribution in [1.29, 1.82) is 0 Å². The maximum absolute atomic E-state index is 6.15. The smallest absolute Gasteiger partial charge is 0.185 e. The van der Waals surface area contributed by atoms with Crippen molar-refractivity contribution in [2.45, 2.75) is 31.8 Å². The normalized spacial score (nSPS) is 18.7. The summed E-state index contributed by atoms with van der Waals surface area (Å²) >= 11 is 3.51. The van der Waals surface area contributed by atoms with Crippen molar-refractivity contribution < 1.29 is 0 Å². The predicted octanol–water partition coefficient (Wildman–Crippen LogP) is 3.18. The van der Waals surface area contributed by atoms with Crippen LogP contribution in [0.1, 0.15) is 35.0 Å². The molecular formula is C13H17N3S2. The van der Waals surface area contributed by atoms with E-state index in [0.717, 1.165) is 24.5 Å². The van der Waals surface area contributed by atoms with E-state index in [4.69, 9.17) is 10.7 Å². The lowest BCUT2D eigenvalue weighted by Crippen LogP contribution is -2.16. The second-order valence-electron chi connectivity index (χ2n) is 4.79. The molecule has 2 N–H and O–H groups in total. The fourth-order valence-electron chi connectivity index (χ4n) is 2.33. The Labute approximate surface area is 115 Å². The van der Waals surface area contributed by atoms with Crippen LogP contribution in [0.4, 0.5) is 5.13 Å². The molecule has 2 heterocycles. The Bertz CT molecular complexity index is 518. The van der Waals surface area contributed by atoms with E-state index in [2.05, 4.69) is 28.8 Å². The number of thiazole rings is 1. The molecule has 0 radical (unpaired) electrons. The van der Waals surface area contributed by atoms with E-state index in [9.17, 15) is 0 Å². The molecule has 0 aliphatic heterocycles. The first-order chi connectivity index (χ1) is 8.74. The van der Waals surface area contributed by atoms with Crippen molar-refractivity contribution in [2.75, 3.05) is 11.9 Å². The summed E-state index contributed by atoms with van der Waals surface area (Å²) in [4.78, 5) is 8.27. The van der Waals surface area contributed by atoms with Gasteiger partial charge in [0.2, 0.25) is 0 Å². The number of aryl methyl sites for hydroxylation is 1. The molecule has 5 heteroatoms. The molecule has 1 aliphatic carbocycles. The summed E-state index contributed by atoms with van der Waals surface area (Å²) in [7, 11) is 2.10. The molecule has 1 unspecified atom stereocenters. The van der Waals surface area contributed by atoms with Crippen LogP contribution in [0.25, 0.3) is 0 Å². The summed E-state index contributed by atoms with van der Waals surface area (Å²) in [5.41, 5.74) is 8.72. The summed E-state index contributed by atoms with van der Waals surface area (Å²) in [6, 6.07) is 2.37. The van der Waals surface area contributed by atoms with Crippen molar-refractivity contribution in [3.8, 4) is 0 Å². The lowest BCUT2D eigenvalue weighted by atomic mass is 9.99. The fourth-order valence-corrected chi connectivity index (χ4v) is 4.09. The minimum atomic E-state index is 0.203. The molecule has 3 nitrogen and oxygen atoms in total. The van der Waals surface area contributed by atoms with E-state index >= 15 is 0 Å². The Morgan fingerprint density at radius 1 is 1.56 bits per heavy atom. The molecule has 2 aromatic rings. The van der Waals surface area contributed by atoms with Crippen LogP contribution in [0.15, 0.2) is 16.8 Å². The van der Waals surface area contributed by atoms with E-state index in [-0.39, 0.29) is 6.04 Å². The molecule has 3 rings (SSSR count). The number of hydrogen-bond donors (Lipinski definition) is 1. The Morgan fingerprint density at radius 2 is 2.44 bits per heavy atom. The van der Waals surface area contributed by atoms with E-state index in [1.807, 2.05) is 0 Å². The van der Waals surface area contributed by atoms with Crippen molar-refractivity contribution in [3.05, 3.63) is 33.0 Å². The zero-order chi connectivity index (χ0) is 12.5. The summed E-state index contributed by atoms with van der Waals surface area (Å²) in [6.07, 6.45) is 3.36. The largest absolute Gasteiger partial charge is 0.347 e. The average Bonchev–Trinajstić information content (AvgIpc) is 2.97. The van der Waals surface area contributed by atoms with E-state index < -0.39 is 0 Å². The van der Waals surface area contributed by atoms with Crippen molar-refractivity contribution in [1.82, 2.24) is 4.98 Å². The van der Waals surface area contributed by atoms with Gasteiger partial charge in [-0.25, -0.2) is 4.98 Å². The van der Waals surface area contributed by atoms with E-state index in [0.29, 0.717) is 0 Å². The highest BCUT2D eigenvalue weighted by Crippen LogP contribution is 2.36. The third kappa shape index (κ3) is 2.30. The van der Waals surface area contributed by atoms with Crippen molar-refractivity contribution in [3.63, 3.8) is 0 Å². The Balaban J connectivity index is 1.80. The van der Waals surface area contributed by atoms with E-state index in [1.54, 1.807) is 22.7 Å². The highest BCUT2D eigenvalue weighted by atomic mass is 32.1. The van der Waals surface area contributed by atoms with Crippen LogP contribution in [-0.2, 0) is 13.0 Å². The number of aromatic nitrogens is 1. The van der Waals surface area contributed by atoms with Crippen LogP contribution < -0.4 is 10.6 Å². The first kappa shape index (κ1) is 12.1. The second-order valence-corrected chi connectivity index (χ2v) is 6.58. The summed E-state index contributed by atoms with van der Waals surface area (Å²) in [5, 5.41) is 5.41. The molecule has 0 saturated carbocycles. The molecular weight excluding hydrogens is 262 g/mol. The van der Waals surface area contributed by atoms with Gasteiger partial charge in [0.05, 0.1) is 5.69 Å². The molecule has 2 aromatic heterocycles. The standard InChI is InChI=1S/C13H17N3S2/c1-16(7-9-5-6-17-8-9)13-15-11-4-2-3-10(14)12(11)18-13/h5-6,8,10H,2-4,7,14H2,1H3. The molecule has 0 amide bonds. The third-order valence-corrected chi connectivity index (χ3v) is 5.38. The number of hydrogen-bond acceptors (Lipinski definition) is 5. The van der Waals surface area contributed by atoms with Gasteiger partial charge in [-0.1, -0.05) is 11.3 Å². The fraction of sp³-hybridized carbons (Fsp3) is 0.462. The first-order valence-corrected chi connectivity index (χ1v) is 7.97. The topological polar surface area (TPSA) is 42.2 Å². The Kier molecular flexibility index (Phi) is 3.37. The number of nitrogens with two attached hydrogens (primary N) is 1. The lowest BCUT2D eigenvalue weighted by molar-refractivity contribution is 0.573. The van der Waals surface area contributed by atoms with Crippen LogP contribution in [0.5, 0.6) is 0 Å². The van der Waals surface area contributed by atoms with Crippen molar-refractivity contribution >= 4 is 27.8 Å². The maximum atomic E-state index is 6.15. The van der Waals surface area contributed by atoms with Crippen molar-refractivity contribution in [2.24, 2.45) is 5.73 Å². The van der Waals surface area contributed by atoms with E-state index in [1.165, 1.54) is 22.6 Å². The third-order valence-electron chi connectivity index (χ3n) is 3.31. The van der Waals surface area contributed by atoms with Gasteiger partial charge >= 0.3 is 0 Å². The quantitative estimate of drug-likeness (QED) is 0.938. The summed E-state index contributed by atoms with van der Waals surface area (Å²) < 4.78 is 0. The minimum absolute atomic E-state index is 0.203. The molecule has 1 atom stereocenters. The van der Waals surface area contributed by atoms with Gasteiger partial charge in [0.15, 0.2) is 5.13 Å². The van der Waals surface area contributed by atoms with Crippen LogP contribution in [0.2, 0.25) is 0 Å². The Hall–Kier alpha value is -0.910. The monoisotopic (exact) mass is 279 g/mol. The van der Waals surface area contributed by atoms with Crippen LogP contribution >= 0.6 is 22.7 Å². The van der Waals surface area contributed by atoms with Crippen LogP contribution in [-0.4, -0.2) is 12.0 Å². The molecule has 96 valence electrons. The lowest BCUT2D eigenvalue weighted by Gasteiger charge is -2.15. The number of rotatable bonds is 3. The number of anilines is 1. The molecule has 0 bridgehead atoms. The second kappa shape index (κ2) is 4.99. The zero-order valence-corrected chi connectivity index (χ0v) is 12.1. The van der Waals surface area contributed by atoms with Gasteiger partial charge < -0.3 is 10.6 Å². The van der Waals surface area contributed by atoms with Gasteiger partial charge in [-0.15, -0.1) is 0 Å². The summed E-state index contributed by atoms with van der Waals surface area (Å²) in [6.45, 7) is 0.922. The molecule has 0 aromatic carbocycles. The SMILES string of the molecule is CN(Cc1ccsc1)c1nc2c(s1)C(N)CCC2. The van der Waals surface area contributed by atoms with Gasteiger partial charge in [0.1, 0.15) is 0 Å². The average molecular weight is 279 g/mol. The molecule has 0 fully saturated rings. The molecule has 18 heavy (non-hydrogen) atoms. The van der Waals surface area contributed by atoms with Gasteiger partial charge in [-0.2, -0.15) is 11.3 Å². The van der Waals surface area contributed by atoms with Gasteiger partial charge in [0, 0.05) is 24.5 Å².